The van der Waals surface area contributed by atoms with Crippen LogP contribution in [-0.4, -0.2) is 16.6 Å². The van der Waals surface area contributed by atoms with Crippen molar-refractivity contribution in [3.8, 4) is 17.3 Å². The average Bonchev–Trinajstić information content (AvgIpc) is 2.52. The fourth-order valence-corrected chi connectivity index (χ4v) is 1.82. The van der Waals surface area contributed by atoms with Crippen LogP contribution in [0.2, 0.25) is 0 Å². The molecule has 0 aliphatic carbocycles. The number of unbranched alkanes of at least 4 members (excludes halogenated alkanes) is 2. The Morgan fingerprint density at radius 1 is 1.15 bits per heavy atom. The molecule has 0 saturated heterocycles. The van der Waals surface area contributed by atoms with Gasteiger partial charge in [0.2, 0.25) is 5.88 Å². The molecular weight excluding hydrogens is 252 g/mol. The standard InChI is InChI=1S/C15H20N4O/c1-2-3-7-10-20-14-11-13(19-16)17-15(18-14)12-8-5-4-6-9-12/h4-6,8-9,11H,2-3,7,10,16H2,1H3,(H,17,18,19). The number of hydrogen-bond donors (Lipinski definition) is 2. The molecule has 0 spiro atoms. The lowest BCUT2D eigenvalue weighted by Gasteiger charge is -2.09. The summed E-state index contributed by atoms with van der Waals surface area (Å²) in [6.07, 6.45) is 3.34. The van der Waals surface area contributed by atoms with Crippen LogP contribution in [0.5, 0.6) is 5.88 Å². The Labute approximate surface area is 119 Å². The third-order valence-corrected chi connectivity index (χ3v) is 2.88. The van der Waals surface area contributed by atoms with E-state index in [1.54, 1.807) is 6.07 Å². The minimum Gasteiger partial charge on any atom is -0.478 e. The maximum absolute atomic E-state index is 5.67. The highest BCUT2D eigenvalue weighted by molar-refractivity contribution is 5.57. The molecule has 0 bridgehead atoms. The predicted molar refractivity (Wildman–Crippen MR) is 80.3 cm³/mol. The summed E-state index contributed by atoms with van der Waals surface area (Å²) in [7, 11) is 0. The van der Waals surface area contributed by atoms with Gasteiger partial charge >= 0.3 is 0 Å². The molecule has 0 radical (unpaired) electrons. The Kier molecular flexibility index (Phi) is 5.32. The van der Waals surface area contributed by atoms with Crippen LogP contribution in [0.25, 0.3) is 11.4 Å². The molecule has 2 aromatic rings. The molecule has 0 aliphatic heterocycles. The van der Waals surface area contributed by atoms with Gasteiger partial charge in [-0.3, -0.25) is 0 Å². The van der Waals surface area contributed by atoms with Gasteiger partial charge in [-0.15, -0.1) is 0 Å². The average molecular weight is 272 g/mol. The van der Waals surface area contributed by atoms with Crippen LogP contribution in [-0.2, 0) is 0 Å². The second kappa shape index (κ2) is 7.45. The molecule has 106 valence electrons. The lowest BCUT2D eigenvalue weighted by Crippen LogP contribution is -2.10. The minimum absolute atomic E-state index is 0.544. The van der Waals surface area contributed by atoms with Gasteiger partial charge in [0.05, 0.1) is 6.61 Å². The summed E-state index contributed by atoms with van der Waals surface area (Å²) in [5.74, 6) is 7.14. The topological polar surface area (TPSA) is 73.1 Å². The highest BCUT2D eigenvalue weighted by Crippen LogP contribution is 2.21. The van der Waals surface area contributed by atoms with Gasteiger partial charge in [0.1, 0.15) is 5.82 Å². The number of anilines is 1. The van der Waals surface area contributed by atoms with Crippen molar-refractivity contribution in [2.24, 2.45) is 5.84 Å². The monoisotopic (exact) mass is 272 g/mol. The normalized spacial score (nSPS) is 10.3. The van der Waals surface area contributed by atoms with E-state index in [1.807, 2.05) is 30.3 Å². The molecule has 5 heteroatoms. The van der Waals surface area contributed by atoms with Crippen molar-refractivity contribution in [1.82, 2.24) is 9.97 Å². The molecule has 0 fully saturated rings. The van der Waals surface area contributed by atoms with Gasteiger partial charge in [0.15, 0.2) is 5.82 Å². The zero-order chi connectivity index (χ0) is 14.2. The second-order valence-corrected chi connectivity index (χ2v) is 4.48. The first kappa shape index (κ1) is 14.3. The SMILES string of the molecule is CCCCCOc1cc(NN)nc(-c2ccccc2)n1. The van der Waals surface area contributed by atoms with Crippen molar-refractivity contribution in [2.75, 3.05) is 12.0 Å². The van der Waals surface area contributed by atoms with Crippen molar-refractivity contribution in [1.29, 1.82) is 0 Å². The van der Waals surface area contributed by atoms with Crippen molar-refractivity contribution in [2.45, 2.75) is 26.2 Å². The number of nitrogens with one attached hydrogen (secondary N) is 1. The minimum atomic E-state index is 0.544. The quantitative estimate of drug-likeness (QED) is 0.460. The first-order valence-corrected chi connectivity index (χ1v) is 6.87. The number of nitrogens with zero attached hydrogens (tertiary/aromatic N) is 2. The highest BCUT2D eigenvalue weighted by atomic mass is 16.5. The van der Waals surface area contributed by atoms with E-state index in [2.05, 4.69) is 22.3 Å². The fraction of sp³-hybridized carbons (Fsp3) is 0.333. The van der Waals surface area contributed by atoms with Gasteiger partial charge in [0.25, 0.3) is 0 Å². The maximum Gasteiger partial charge on any atom is 0.219 e. The maximum atomic E-state index is 5.67. The van der Waals surface area contributed by atoms with E-state index in [4.69, 9.17) is 10.6 Å². The summed E-state index contributed by atoms with van der Waals surface area (Å²) < 4.78 is 5.67. The molecule has 1 aromatic carbocycles. The number of aromatic nitrogens is 2. The van der Waals surface area contributed by atoms with Crippen LogP contribution in [0.4, 0.5) is 5.82 Å². The number of nitrogens with two attached hydrogens (primary N) is 1. The number of hydrogen-bond acceptors (Lipinski definition) is 5. The first-order valence-electron chi connectivity index (χ1n) is 6.87. The lowest BCUT2D eigenvalue weighted by molar-refractivity contribution is 0.295. The fourth-order valence-electron chi connectivity index (χ4n) is 1.82. The van der Waals surface area contributed by atoms with Gasteiger partial charge < -0.3 is 10.2 Å². The lowest BCUT2D eigenvalue weighted by atomic mass is 10.2. The summed E-state index contributed by atoms with van der Waals surface area (Å²) in [5.41, 5.74) is 3.48. The summed E-state index contributed by atoms with van der Waals surface area (Å²) in [6.45, 7) is 2.82. The van der Waals surface area contributed by atoms with E-state index in [0.29, 0.717) is 24.1 Å². The molecule has 0 amide bonds. The van der Waals surface area contributed by atoms with Crippen LogP contribution in [0.15, 0.2) is 36.4 Å². The smallest absolute Gasteiger partial charge is 0.219 e. The number of ether oxygens (including phenoxy) is 1. The number of rotatable bonds is 7. The molecule has 3 N–H and O–H groups in total. The summed E-state index contributed by atoms with van der Waals surface area (Å²) >= 11 is 0. The third-order valence-electron chi connectivity index (χ3n) is 2.88. The highest BCUT2D eigenvalue weighted by Gasteiger charge is 2.07. The molecule has 20 heavy (non-hydrogen) atoms. The van der Waals surface area contributed by atoms with Gasteiger partial charge in [0, 0.05) is 11.6 Å². The van der Waals surface area contributed by atoms with E-state index >= 15 is 0 Å². The number of benzene rings is 1. The summed E-state index contributed by atoms with van der Waals surface area (Å²) in [4.78, 5) is 8.76. The molecule has 2 rings (SSSR count). The van der Waals surface area contributed by atoms with Crippen LogP contribution >= 0.6 is 0 Å². The molecule has 0 atom stereocenters. The largest absolute Gasteiger partial charge is 0.478 e. The van der Waals surface area contributed by atoms with Gasteiger partial charge in [-0.05, 0) is 6.42 Å². The van der Waals surface area contributed by atoms with E-state index in [0.717, 1.165) is 24.8 Å². The van der Waals surface area contributed by atoms with Crippen molar-refractivity contribution < 1.29 is 4.74 Å². The Morgan fingerprint density at radius 3 is 2.65 bits per heavy atom. The van der Waals surface area contributed by atoms with Gasteiger partial charge in [-0.1, -0.05) is 50.1 Å². The van der Waals surface area contributed by atoms with Crippen LogP contribution in [0.3, 0.4) is 0 Å². The third kappa shape index (κ3) is 3.93. The van der Waals surface area contributed by atoms with Crippen molar-refractivity contribution in [3.05, 3.63) is 36.4 Å². The molecule has 1 heterocycles. The Balaban J connectivity index is 2.16. The number of nitrogen functional groups attached to an aromatic ring is 1. The molecule has 0 aliphatic rings. The van der Waals surface area contributed by atoms with Crippen molar-refractivity contribution in [3.63, 3.8) is 0 Å². The molecular formula is C15H20N4O. The zero-order valence-corrected chi connectivity index (χ0v) is 11.7. The second-order valence-electron chi connectivity index (χ2n) is 4.48. The Bertz CT molecular complexity index is 531. The van der Waals surface area contributed by atoms with E-state index < -0.39 is 0 Å². The zero-order valence-electron chi connectivity index (χ0n) is 11.7. The number of hydrazine groups is 1. The van der Waals surface area contributed by atoms with Crippen molar-refractivity contribution >= 4 is 5.82 Å². The Morgan fingerprint density at radius 2 is 1.95 bits per heavy atom. The van der Waals surface area contributed by atoms with Gasteiger partial charge in [-0.25, -0.2) is 10.8 Å². The van der Waals surface area contributed by atoms with E-state index in [9.17, 15) is 0 Å². The summed E-state index contributed by atoms with van der Waals surface area (Å²) in [5, 5.41) is 0. The van der Waals surface area contributed by atoms with Gasteiger partial charge in [-0.2, -0.15) is 4.98 Å². The molecule has 0 unspecified atom stereocenters. The van der Waals surface area contributed by atoms with Crippen LogP contribution in [0.1, 0.15) is 26.2 Å². The van der Waals surface area contributed by atoms with Crippen LogP contribution < -0.4 is 16.0 Å². The van der Waals surface area contributed by atoms with E-state index in [1.165, 1.54) is 0 Å². The van der Waals surface area contributed by atoms with Crippen LogP contribution in [0, 0.1) is 0 Å². The molecule has 0 saturated carbocycles. The molecule has 5 nitrogen and oxygen atoms in total. The van der Waals surface area contributed by atoms with E-state index in [-0.39, 0.29) is 0 Å². The Hall–Kier alpha value is -2.14. The first-order chi connectivity index (χ1) is 9.83. The summed E-state index contributed by atoms with van der Waals surface area (Å²) in [6, 6.07) is 11.5. The predicted octanol–water partition coefficient (Wildman–Crippen LogP) is 3.00. The molecule has 1 aromatic heterocycles.